The van der Waals surface area contributed by atoms with Gasteiger partial charge in [-0.05, 0) is 25.3 Å². The molecule has 0 radical (unpaired) electrons. The zero-order valence-electron chi connectivity index (χ0n) is 11.4. The van der Waals surface area contributed by atoms with Gasteiger partial charge in [-0.1, -0.05) is 6.92 Å². The van der Waals surface area contributed by atoms with Crippen LogP contribution in [0, 0.1) is 16.0 Å². The van der Waals surface area contributed by atoms with Gasteiger partial charge in [-0.2, -0.15) is 0 Å². The average molecular weight is 255 g/mol. The molecule has 1 aliphatic carbocycles. The summed E-state index contributed by atoms with van der Waals surface area (Å²) in [5.74, 6) is 0.544. The molecule has 1 saturated carbocycles. The van der Waals surface area contributed by atoms with Gasteiger partial charge in [0.2, 0.25) is 6.04 Å². The number of nitrogens with zero attached hydrogens (tertiary/aromatic N) is 3. The highest BCUT2D eigenvalue weighted by Crippen LogP contribution is 2.26. The monoisotopic (exact) mass is 255 g/mol. The van der Waals surface area contributed by atoms with E-state index in [-0.39, 0.29) is 11.0 Å². The highest BCUT2D eigenvalue weighted by atomic mass is 16.6. The molecule has 1 aliphatic heterocycles. The van der Waals surface area contributed by atoms with Crippen molar-refractivity contribution in [2.45, 2.75) is 38.6 Å². The first-order valence-corrected chi connectivity index (χ1v) is 7.27. The van der Waals surface area contributed by atoms with Crippen LogP contribution in [0.1, 0.15) is 32.6 Å². The number of piperazine rings is 1. The molecule has 104 valence electrons. The molecule has 2 aliphatic rings. The van der Waals surface area contributed by atoms with Crippen LogP contribution in [-0.4, -0.2) is 60.0 Å². The van der Waals surface area contributed by atoms with E-state index in [2.05, 4.69) is 16.7 Å². The first-order chi connectivity index (χ1) is 8.69. The Morgan fingerprint density at radius 3 is 2.44 bits per heavy atom. The number of nitro groups is 1. The quantitative estimate of drug-likeness (QED) is 0.563. The molecule has 5 heteroatoms. The van der Waals surface area contributed by atoms with Crippen LogP contribution >= 0.6 is 0 Å². The maximum Gasteiger partial charge on any atom is 0.213 e. The van der Waals surface area contributed by atoms with E-state index in [0.717, 1.165) is 58.5 Å². The summed E-state index contributed by atoms with van der Waals surface area (Å²) in [6.45, 7) is 8.99. The van der Waals surface area contributed by atoms with Crippen LogP contribution in [0.4, 0.5) is 0 Å². The first-order valence-electron chi connectivity index (χ1n) is 7.27. The third-order valence-corrected chi connectivity index (χ3v) is 4.48. The minimum Gasteiger partial charge on any atom is -0.301 e. The molecule has 0 aromatic heterocycles. The molecule has 0 amide bonds. The third-order valence-electron chi connectivity index (χ3n) is 4.48. The highest BCUT2D eigenvalue weighted by Gasteiger charge is 2.30. The molecule has 0 aromatic carbocycles. The van der Waals surface area contributed by atoms with Gasteiger partial charge in [-0.15, -0.1) is 0 Å². The van der Waals surface area contributed by atoms with Crippen LogP contribution in [-0.2, 0) is 0 Å². The van der Waals surface area contributed by atoms with Crippen LogP contribution in [0.25, 0.3) is 0 Å². The summed E-state index contributed by atoms with van der Waals surface area (Å²) in [7, 11) is 0. The van der Waals surface area contributed by atoms with E-state index in [4.69, 9.17) is 0 Å². The molecule has 2 unspecified atom stereocenters. The smallest absolute Gasteiger partial charge is 0.213 e. The number of hydrogen-bond donors (Lipinski definition) is 0. The van der Waals surface area contributed by atoms with Gasteiger partial charge in [0.25, 0.3) is 0 Å². The summed E-state index contributed by atoms with van der Waals surface area (Å²) >= 11 is 0. The summed E-state index contributed by atoms with van der Waals surface area (Å²) in [5, 5.41) is 10.9. The van der Waals surface area contributed by atoms with E-state index in [1.54, 1.807) is 0 Å². The summed E-state index contributed by atoms with van der Waals surface area (Å²) in [4.78, 5) is 15.8. The lowest BCUT2D eigenvalue weighted by Gasteiger charge is -2.37. The molecule has 0 spiro atoms. The molecule has 2 rings (SSSR count). The summed E-state index contributed by atoms with van der Waals surface area (Å²) in [6.07, 6.45) is 3.79. The predicted molar refractivity (Wildman–Crippen MR) is 71.3 cm³/mol. The average Bonchev–Trinajstić information content (AvgIpc) is 2.40. The Morgan fingerprint density at radius 1 is 1.17 bits per heavy atom. The second kappa shape index (κ2) is 6.48. The lowest BCUT2D eigenvalue weighted by molar-refractivity contribution is -0.528. The molecular formula is C13H25N3O2. The standard InChI is InChI=1S/C13H25N3O2/c1-2-14-6-8-15(9-7-14)11-12-4-3-5-13(10-12)16(17)18/h12-13H,2-11H2,1H3. The van der Waals surface area contributed by atoms with E-state index >= 15 is 0 Å². The molecule has 1 saturated heterocycles. The van der Waals surface area contributed by atoms with Crippen molar-refractivity contribution in [3.8, 4) is 0 Å². The van der Waals surface area contributed by atoms with Crippen molar-refractivity contribution < 1.29 is 4.92 Å². The van der Waals surface area contributed by atoms with Crippen molar-refractivity contribution in [3.63, 3.8) is 0 Å². The van der Waals surface area contributed by atoms with Gasteiger partial charge in [-0.3, -0.25) is 10.1 Å². The number of rotatable bonds is 4. The van der Waals surface area contributed by atoms with Crippen molar-refractivity contribution >= 4 is 0 Å². The van der Waals surface area contributed by atoms with E-state index in [1.165, 1.54) is 6.42 Å². The van der Waals surface area contributed by atoms with Gasteiger partial charge in [0.15, 0.2) is 0 Å². The molecule has 0 aromatic rings. The molecular weight excluding hydrogens is 230 g/mol. The Kier molecular flexibility index (Phi) is 4.95. The second-order valence-electron chi connectivity index (χ2n) is 5.71. The van der Waals surface area contributed by atoms with Crippen LogP contribution in [0.15, 0.2) is 0 Å². The van der Waals surface area contributed by atoms with Crippen molar-refractivity contribution in [1.82, 2.24) is 9.80 Å². The van der Waals surface area contributed by atoms with Crippen LogP contribution in [0.2, 0.25) is 0 Å². The van der Waals surface area contributed by atoms with Crippen molar-refractivity contribution in [1.29, 1.82) is 0 Å². The molecule has 5 nitrogen and oxygen atoms in total. The summed E-state index contributed by atoms with van der Waals surface area (Å²) < 4.78 is 0. The van der Waals surface area contributed by atoms with Gasteiger partial charge >= 0.3 is 0 Å². The molecule has 0 N–H and O–H groups in total. The summed E-state index contributed by atoms with van der Waals surface area (Å²) in [6, 6.07) is -0.277. The van der Waals surface area contributed by atoms with Gasteiger partial charge in [0.1, 0.15) is 0 Å². The van der Waals surface area contributed by atoms with E-state index in [0.29, 0.717) is 5.92 Å². The van der Waals surface area contributed by atoms with Crippen molar-refractivity contribution in [2.24, 2.45) is 5.92 Å². The largest absolute Gasteiger partial charge is 0.301 e. The Labute approximate surface area is 109 Å². The fourth-order valence-corrected chi connectivity index (χ4v) is 3.27. The zero-order chi connectivity index (χ0) is 13.0. The number of hydrogen-bond acceptors (Lipinski definition) is 4. The Bertz CT molecular complexity index is 277. The van der Waals surface area contributed by atoms with E-state index < -0.39 is 0 Å². The summed E-state index contributed by atoms with van der Waals surface area (Å²) in [5.41, 5.74) is 0. The predicted octanol–water partition coefficient (Wildman–Crippen LogP) is 1.46. The maximum atomic E-state index is 10.9. The Balaban J connectivity index is 1.74. The van der Waals surface area contributed by atoms with Gasteiger partial charge in [-0.25, -0.2) is 0 Å². The Morgan fingerprint density at radius 2 is 1.83 bits per heavy atom. The maximum absolute atomic E-state index is 10.9. The lowest BCUT2D eigenvalue weighted by Crippen LogP contribution is -2.48. The SMILES string of the molecule is CCN1CCN(CC2CCCC([N+](=O)[O-])C2)CC1. The fraction of sp³-hybridized carbons (Fsp3) is 1.00. The van der Waals surface area contributed by atoms with Crippen molar-refractivity contribution in [3.05, 3.63) is 10.1 Å². The Hall–Kier alpha value is -0.680. The van der Waals surface area contributed by atoms with Gasteiger partial charge in [0.05, 0.1) is 0 Å². The van der Waals surface area contributed by atoms with Crippen molar-refractivity contribution in [2.75, 3.05) is 39.3 Å². The van der Waals surface area contributed by atoms with E-state index in [9.17, 15) is 10.1 Å². The molecule has 1 heterocycles. The first kappa shape index (κ1) is 13.7. The minimum atomic E-state index is -0.277. The van der Waals surface area contributed by atoms with Gasteiger partial charge < -0.3 is 9.80 Å². The molecule has 18 heavy (non-hydrogen) atoms. The van der Waals surface area contributed by atoms with Crippen LogP contribution in [0.3, 0.4) is 0 Å². The van der Waals surface area contributed by atoms with Crippen LogP contribution in [0.5, 0.6) is 0 Å². The molecule has 0 bridgehead atoms. The van der Waals surface area contributed by atoms with E-state index in [1.807, 2.05) is 0 Å². The zero-order valence-corrected chi connectivity index (χ0v) is 11.4. The minimum absolute atomic E-state index is 0.0683. The topological polar surface area (TPSA) is 49.6 Å². The fourth-order valence-electron chi connectivity index (χ4n) is 3.27. The number of likely N-dealkylation sites (N-methyl/N-ethyl adjacent to an activating group) is 1. The van der Waals surface area contributed by atoms with Crippen LogP contribution < -0.4 is 0 Å². The highest BCUT2D eigenvalue weighted by molar-refractivity contribution is 4.78. The molecule has 2 fully saturated rings. The second-order valence-corrected chi connectivity index (χ2v) is 5.71. The van der Waals surface area contributed by atoms with Gasteiger partial charge in [0, 0.05) is 50.5 Å². The lowest BCUT2D eigenvalue weighted by atomic mass is 9.85. The molecule has 2 atom stereocenters. The third kappa shape index (κ3) is 3.65. The normalized spacial score (nSPS) is 31.4.